The number of furan rings is 1. The Labute approximate surface area is 200 Å². The molecule has 0 spiro atoms. The molecule has 0 radical (unpaired) electrons. The summed E-state index contributed by atoms with van der Waals surface area (Å²) in [7, 11) is 0. The quantitative estimate of drug-likeness (QED) is 0.242. The first-order valence-electron chi connectivity index (χ1n) is 11.1. The molecule has 0 saturated heterocycles. The molecule has 2 N–H and O–H groups in total. The molecule has 1 amide bonds. The Kier molecular flexibility index (Phi) is 7.03. The van der Waals surface area contributed by atoms with E-state index in [0.29, 0.717) is 53.1 Å². The summed E-state index contributed by atoms with van der Waals surface area (Å²) >= 11 is 6.01. The molecule has 2 aromatic heterocycles. The highest BCUT2D eigenvalue weighted by atomic mass is 35.5. The summed E-state index contributed by atoms with van der Waals surface area (Å²) in [5.74, 6) is -1.10. The van der Waals surface area contributed by atoms with E-state index < -0.39 is 11.6 Å². The monoisotopic (exact) mass is 481 g/mol. The van der Waals surface area contributed by atoms with E-state index in [9.17, 15) is 14.4 Å². The summed E-state index contributed by atoms with van der Waals surface area (Å²) in [5.41, 5.74) is 3.27. The van der Waals surface area contributed by atoms with Crippen molar-refractivity contribution in [1.82, 2.24) is 5.32 Å². The van der Waals surface area contributed by atoms with Crippen LogP contribution in [0.3, 0.4) is 0 Å². The summed E-state index contributed by atoms with van der Waals surface area (Å²) in [6, 6.07) is 11.0. The van der Waals surface area contributed by atoms with Crippen LogP contribution in [0.4, 0.5) is 0 Å². The van der Waals surface area contributed by atoms with Gasteiger partial charge in [-0.15, -0.1) is 0 Å². The molecule has 34 heavy (non-hydrogen) atoms. The maximum Gasteiger partial charge on any atom is 0.340 e. The van der Waals surface area contributed by atoms with Crippen LogP contribution in [0, 0.1) is 6.92 Å². The number of fused-ring (bicyclic) bond motifs is 2. The van der Waals surface area contributed by atoms with Gasteiger partial charge in [-0.3, -0.25) is 9.59 Å². The molecule has 4 rings (SSSR count). The predicted octanol–water partition coefficient (Wildman–Crippen LogP) is 5.47. The zero-order chi connectivity index (χ0) is 24.2. The zero-order valence-electron chi connectivity index (χ0n) is 18.7. The Morgan fingerprint density at radius 2 is 1.79 bits per heavy atom. The Bertz CT molecular complexity index is 1420. The highest BCUT2D eigenvalue weighted by Gasteiger charge is 2.17. The fraction of sp³-hybridized carbons (Fsp3) is 0.269. The van der Waals surface area contributed by atoms with Gasteiger partial charge < -0.3 is 19.3 Å². The van der Waals surface area contributed by atoms with Gasteiger partial charge in [0.2, 0.25) is 5.91 Å². The standard InChI is InChI=1S/C26H24ClNO6/c1-15-18-11-20-21(16-6-8-17(27)9-7-16)14-33-22(20)13-23(18)34-26(32)19(15)12-24(29)28-10-4-2-3-5-25(30)31/h6-9,11,13-14H,2-5,10,12H2,1H3,(H,28,29)(H,30,31). The van der Waals surface area contributed by atoms with E-state index in [1.807, 2.05) is 37.3 Å². The largest absolute Gasteiger partial charge is 0.481 e. The van der Waals surface area contributed by atoms with Gasteiger partial charge in [0.15, 0.2) is 0 Å². The minimum atomic E-state index is -0.824. The van der Waals surface area contributed by atoms with Crippen LogP contribution in [0.25, 0.3) is 33.1 Å². The first-order valence-corrected chi connectivity index (χ1v) is 11.4. The number of carbonyl (C=O) groups excluding carboxylic acids is 1. The van der Waals surface area contributed by atoms with E-state index in [1.165, 1.54) is 0 Å². The minimum Gasteiger partial charge on any atom is -0.481 e. The molecule has 7 nitrogen and oxygen atoms in total. The molecule has 0 saturated carbocycles. The Morgan fingerprint density at radius 3 is 2.53 bits per heavy atom. The summed E-state index contributed by atoms with van der Waals surface area (Å²) in [6.45, 7) is 2.23. The maximum absolute atomic E-state index is 12.6. The number of amides is 1. The number of carbonyl (C=O) groups is 2. The molecule has 4 aromatic rings. The van der Waals surface area contributed by atoms with Crippen LogP contribution in [-0.4, -0.2) is 23.5 Å². The van der Waals surface area contributed by atoms with Crippen LogP contribution >= 0.6 is 11.6 Å². The normalized spacial score (nSPS) is 11.2. The summed E-state index contributed by atoms with van der Waals surface area (Å²) < 4.78 is 11.2. The molecule has 0 atom stereocenters. The van der Waals surface area contributed by atoms with Crippen LogP contribution in [0.2, 0.25) is 5.02 Å². The van der Waals surface area contributed by atoms with Crippen molar-refractivity contribution in [2.45, 2.75) is 39.0 Å². The average molecular weight is 482 g/mol. The Balaban J connectivity index is 1.56. The number of halogens is 1. The SMILES string of the molecule is Cc1c(CC(=O)NCCCCCC(=O)O)c(=O)oc2cc3occ(-c4ccc(Cl)cc4)c3cc12. The number of hydrogen-bond acceptors (Lipinski definition) is 5. The molecule has 0 unspecified atom stereocenters. The van der Waals surface area contributed by atoms with E-state index in [2.05, 4.69) is 5.32 Å². The summed E-state index contributed by atoms with van der Waals surface area (Å²) in [6.07, 6.45) is 3.64. The first kappa shape index (κ1) is 23.6. The Morgan fingerprint density at radius 1 is 1.03 bits per heavy atom. The smallest absolute Gasteiger partial charge is 0.340 e. The third-order valence-electron chi connectivity index (χ3n) is 5.86. The van der Waals surface area contributed by atoms with Crippen LogP contribution < -0.4 is 10.9 Å². The first-order chi connectivity index (χ1) is 16.3. The van der Waals surface area contributed by atoms with Gasteiger partial charge in [-0.25, -0.2) is 4.79 Å². The van der Waals surface area contributed by atoms with Crippen molar-refractivity contribution in [1.29, 1.82) is 0 Å². The lowest BCUT2D eigenvalue weighted by Gasteiger charge is -2.09. The highest BCUT2D eigenvalue weighted by Crippen LogP contribution is 2.35. The van der Waals surface area contributed by atoms with Crippen molar-refractivity contribution in [3.63, 3.8) is 0 Å². The van der Waals surface area contributed by atoms with Gasteiger partial charge in [-0.1, -0.05) is 30.2 Å². The second-order valence-electron chi connectivity index (χ2n) is 8.22. The summed E-state index contributed by atoms with van der Waals surface area (Å²) in [5, 5.41) is 13.7. The van der Waals surface area contributed by atoms with Gasteiger partial charge >= 0.3 is 11.6 Å². The third kappa shape index (κ3) is 5.15. The van der Waals surface area contributed by atoms with Gasteiger partial charge in [0.1, 0.15) is 11.2 Å². The fourth-order valence-electron chi connectivity index (χ4n) is 4.00. The molecule has 0 aliphatic heterocycles. The van der Waals surface area contributed by atoms with Crippen molar-refractivity contribution in [2.75, 3.05) is 6.54 Å². The summed E-state index contributed by atoms with van der Waals surface area (Å²) in [4.78, 5) is 35.6. The number of carboxylic acids is 1. The second-order valence-corrected chi connectivity index (χ2v) is 8.66. The predicted molar refractivity (Wildman–Crippen MR) is 130 cm³/mol. The number of carboxylic acid groups (broad SMARTS) is 1. The van der Waals surface area contributed by atoms with Gasteiger partial charge in [0.25, 0.3) is 0 Å². The minimum absolute atomic E-state index is 0.0906. The third-order valence-corrected chi connectivity index (χ3v) is 6.12. The topological polar surface area (TPSA) is 110 Å². The number of benzene rings is 2. The molecular formula is C26H24ClNO6. The van der Waals surface area contributed by atoms with Crippen molar-refractivity contribution in [3.8, 4) is 11.1 Å². The molecule has 8 heteroatoms. The number of hydrogen-bond donors (Lipinski definition) is 2. The van der Waals surface area contributed by atoms with E-state index >= 15 is 0 Å². The lowest BCUT2D eigenvalue weighted by atomic mass is 9.99. The van der Waals surface area contributed by atoms with Crippen LogP contribution in [-0.2, 0) is 16.0 Å². The number of aliphatic carboxylic acids is 1. The average Bonchev–Trinajstić information content (AvgIpc) is 3.21. The number of unbranched alkanes of at least 4 members (excludes halogenated alkanes) is 2. The van der Waals surface area contributed by atoms with Gasteiger partial charge in [0, 0.05) is 40.4 Å². The van der Waals surface area contributed by atoms with Gasteiger partial charge in [-0.2, -0.15) is 0 Å². The van der Waals surface area contributed by atoms with Crippen LogP contribution in [0.1, 0.15) is 36.8 Å². The van der Waals surface area contributed by atoms with Crippen molar-refractivity contribution in [3.05, 3.63) is 69.2 Å². The fourth-order valence-corrected chi connectivity index (χ4v) is 4.12. The van der Waals surface area contributed by atoms with Gasteiger partial charge in [-0.05, 0) is 49.1 Å². The van der Waals surface area contributed by atoms with Crippen LogP contribution in [0.15, 0.2) is 56.3 Å². The molecule has 176 valence electrons. The maximum atomic E-state index is 12.6. The molecule has 2 heterocycles. The molecule has 0 aliphatic rings. The van der Waals surface area contributed by atoms with Gasteiger partial charge in [0.05, 0.1) is 18.2 Å². The molecule has 2 aromatic carbocycles. The lowest BCUT2D eigenvalue weighted by molar-refractivity contribution is -0.137. The van der Waals surface area contributed by atoms with Crippen molar-refractivity contribution < 1.29 is 23.5 Å². The van der Waals surface area contributed by atoms with Crippen LogP contribution in [0.5, 0.6) is 0 Å². The van der Waals surface area contributed by atoms with E-state index in [4.69, 9.17) is 25.5 Å². The second kappa shape index (κ2) is 10.1. The number of nitrogens with one attached hydrogen (secondary N) is 1. The van der Waals surface area contributed by atoms with E-state index in [-0.39, 0.29) is 18.7 Å². The zero-order valence-corrected chi connectivity index (χ0v) is 19.4. The van der Waals surface area contributed by atoms with E-state index in [0.717, 1.165) is 21.9 Å². The number of aryl methyl sites for hydroxylation is 1. The molecule has 0 bridgehead atoms. The highest BCUT2D eigenvalue weighted by molar-refractivity contribution is 6.30. The molecule has 0 aliphatic carbocycles. The molecule has 0 fully saturated rings. The molecular weight excluding hydrogens is 458 g/mol. The van der Waals surface area contributed by atoms with Crippen molar-refractivity contribution >= 4 is 45.4 Å². The lowest BCUT2D eigenvalue weighted by Crippen LogP contribution is -2.28. The number of rotatable bonds is 9. The van der Waals surface area contributed by atoms with Crippen molar-refractivity contribution in [2.24, 2.45) is 0 Å². The van der Waals surface area contributed by atoms with E-state index in [1.54, 1.807) is 12.3 Å². The Hall–Kier alpha value is -3.58.